The number of nitrogens with one attached hydrogen (secondary N) is 1. The van der Waals surface area contributed by atoms with Gasteiger partial charge >= 0.3 is 5.97 Å². The molecule has 0 aliphatic heterocycles. The summed E-state index contributed by atoms with van der Waals surface area (Å²) in [4.78, 5) is 10.6. The molecule has 0 fully saturated rings. The zero-order valence-electron chi connectivity index (χ0n) is 6.78. The van der Waals surface area contributed by atoms with Crippen LogP contribution in [-0.4, -0.2) is 24.2 Å². The van der Waals surface area contributed by atoms with Gasteiger partial charge in [-0.2, -0.15) is 0 Å². The lowest BCUT2D eigenvalue weighted by atomic mass is 10.1. The summed E-state index contributed by atoms with van der Waals surface area (Å²) in [7, 11) is 1.62. The highest BCUT2D eigenvalue weighted by atomic mass is 16.4. The molecule has 4 nitrogen and oxygen atoms in total. The third-order valence-electron chi connectivity index (χ3n) is 1.67. The van der Waals surface area contributed by atoms with Gasteiger partial charge in [-0.1, -0.05) is 0 Å². The van der Waals surface area contributed by atoms with Crippen LogP contribution >= 0.6 is 0 Å². The van der Waals surface area contributed by atoms with Crippen LogP contribution < -0.4 is 5.32 Å². The van der Waals surface area contributed by atoms with Crippen LogP contribution in [0.4, 0.5) is 0 Å². The van der Waals surface area contributed by atoms with Crippen LogP contribution in [-0.2, 0) is 11.2 Å². The van der Waals surface area contributed by atoms with Crippen LogP contribution in [0.5, 0.6) is 0 Å². The molecule has 0 aliphatic rings. The van der Waals surface area contributed by atoms with Crippen LogP contribution in [0.2, 0.25) is 0 Å². The van der Waals surface area contributed by atoms with Crippen molar-refractivity contribution in [3.05, 3.63) is 24.2 Å². The zero-order valence-corrected chi connectivity index (χ0v) is 6.78. The molecule has 0 spiro atoms. The minimum Gasteiger partial charge on any atom is -0.480 e. The lowest BCUT2D eigenvalue weighted by Crippen LogP contribution is -2.35. The second kappa shape index (κ2) is 3.92. The molecule has 1 rings (SSSR count). The zero-order chi connectivity index (χ0) is 8.97. The maximum atomic E-state index is 10.6. The Kier molecular flexibility index (Phi) is 2.88. The summed E-state index contributed by atoms with van der Waals surface area (Å²) in [5, 5.41) is 11.4. The molecule has 12 heavy (non-hydrogen) atoms. The molecule has 4 heteroatoms. The highest BCUT2D eigenvalue weighted by Gasteiger charge is 2.15. The fourth-order valence-corrected chi connectivity index (χ4v) is 0.957. The summed E-state index contributed by atoms with van der Waals surface area (Å²) in [6, 6.07) is 1.22. The number of aliphatic carboxylic acids is 1. The van der Waals surface area contributed by atoms with Crippen molar-refractivity contribution in [2.24, 2.45) is 0 Å². The Labute approximate surface area is 70.2 Å². The van der Waals surface area contributed by atoms with Crippen molar-refractivity contribution in [3.8, 4) is 0 Å². The maximum Gasteiger partial charge on any atom is 0.321 e. The lowest BCUT2D eigenvalue weighted by molar-refractivity contribution is -0.139. The van der Waals surface area contributed by atoms with Gasteiger partial charge in [0.1, 0.15) is 6.04 Å². The minimum absolute atomic E-state index is 0.447. The van der Waals surface area contributed by atoms with E-state index in [1.807, 2.05) is 0 Å². The summed E-state index contributed by atoms with van der Waals surface area (Å²) >= 11 is 0. The van der Waals surface area contributed by atoms with E-state index in [9.17, 15) is 4.79 Å². The summed E-state index contributed by atoms with van der Waals surface area (Å²) in [6.07, 6.45) is 3.53. The number of rotatable bonds is 4. The van der Waals surface area contributed by atoms with Crippen molar-refractivity contribution in [1.82, 2.24) is 5.32 Å². The van der Waals surface area contributed by atoms with Crippen LogP contribution in [0.3, 0.4) is 0 Å². The van der Waals surface area contributed by atoms with Crippen molar-refractivity contribution in [3.63, 3.8) is 0 Å². The van der Waals surface area contributed by atoms with E-state index in [2.05, 4.69) is 5.32 Å². The molecule has 1 aromatic heterocycles. The van der Waals surface area contributed by atoms with Crippen molar-refractivity contribution < 1.29 is 14.3 Å². The molecule has 1 heterocycles. The van der Waals surface area contributed by atoms with E-state index in [1.165, 1.54) is 6.26 Å². The molecule has 0 saturated carbocycles. The molecule has 1 aromatic rings. The Morgan fingerprint density at radius 1 is 1.83 bits per heavy atom. The summed E-state index contributed by atoms with van der Waals surface area (Å²) in [6.45, 7) is 0. The second-order valence-corrected chi connectivity index (χ2v) is 2.52. The van der Waals surface area contributed by atoms with E-state index in [-0.39, 0.29) is 0 Å². The Bertz CT molecular complexity index is 243. The normalized spacial score (nSPS) is 12.8. The SMILES string of the molecule is CN[C@@H](Cc1ccoc1)C(=O)O. The van der Waals surface area contributed by atoms with E-state index < -0.39 is 12.0 Å². The molecule has 0 aliphatic carbocycles. The number of carbonyl (C=O) groups is 1. The quantitative estimate of drug-likeness (QED) is 0.688. The molecule has 0 amide bonds. The molecule has 1 atom stereocenters. The third kappa shape index (κ3) is 2.10. The van der Waals surface area contributed by atoms with Gasteiger partial charge < -0.3 is 14.8 Å². The van der Waals surface area contributed by atoms with E-state index in [4.69, 9.17) is 9.52 Å². The minimum atomic E-state index is -0.848. The van der Waals surface area contributed by atoms with Gasteiger partial charge in [0.15, 0.2) is 0 Å². The van der Waals surface area contributed by atoms with Gasteiger partial charge in [0.2, 0.25) is 0 Å². The predicted octanol–water partition coefficient (Wildman–Crippen LogP) is 0.495. The van der Waals surface area contributed by atoms with E-state index in [0.29, 0.717) is 6.42 Å². The van der Waals surface area contributed by atoms with Crippen molar-refractivity contribution >= 4 is 5.97 Å². The summed E-state index contributed by atoms with van der Waals surface area (Å²) in [5.41, 5.74) is 0.886. The fraction of sp³-hybridized carbons (Fsp3) is 0.375. The maximum absolute atomic E-state index is 10.6. The number of hydrogen-bond acceptors (Lipinski definition) is 3. The Morgan fingerprint density at radius 2 is 2.58 bits per heavy atom. The monoisotopic (exact) mass is 169 g/mol. The first-order valence-corrected chi connectivity index (χ1v) is 3.65. The molecule has 66 valence electrons. The first-order valence-electron chi connectivity index (χ1n) is 3.65. The van der Waals surface area contributed by atoms with Gasteiger partial charge in [-0.3, -0.25) is 4.79 Å². The number of furan rings is 1. The van der Waals surface area contributed by atoms with Crippen LogP contribution in [0.15, 0.2) is 23.0 Å². The summed E-state index contributed by atoms with van der Waals surface area (Å²) in [5.74, 6) is -0.848. The van der Waals surface area contributed by atoms with Crippen LogP contribution in [0.25, 0.3) is 0 Å². The molecule has 0 radical (unpaired) electrons. The molecule has 0 bridgehead atoms. The van der Waals surface area contributed by atoms with Crippen molar-refractivity contribution in [1.29, 1.82) is 0 Å². The van der Waals surface area contributed by atoms with Gasteiger partial charge in [-0.15, -0.1) is 0 Å². The van der Waals surface area contributed by atoms with E-state index in [0.717, 1.165) is 5.56 Å². The Balaban J connectivity index is 2.54. The van der Waals surface area contributed by atoms with Gasteiger partial charge in [0.05, 0.1) is 12.5 Å². The predicted molar refractivity (Wildman–Crippen MR) is 42.9 cm³/mol. The average molecular weight is 169 g/mol. The number of carboxylic acids is 1. The van der Waals surface area contributed by atoms with Crippen molar-refractivity contribution in [2.45, 2.75) is 12.5 Å². The molecular weight excluding hydrogens is 158 g/mol. The number of hydrogen-bond donors (Lipinski definition) is 2. The first kappa shape index (κ1) is 8.80. The highest BCUT2D eigenvalue weighted by molar-refractivity contribution is 5.73. The number of carboxylic acid groups (broad SMARTS) is 1. The number of likely N-dealkylation sites (N-methyl/N-ethyl adjacent to an activating group) is 1. The van der Waals surface area contributed by atoms with Crippen LogP contribution in [0.1, 0.15) is 5.56 Å². The summed E-state index contributed by atoms with van der Waals surface area (Å²) < 4.78 is 4.82. The standard InChI is InChI=1S/C8H11NO3/c1-9-7(8(10)11)4-6-2-3-12-5-6/h2-3,5,7,9H,4H2,1H3,(H,10,11)/t7-/m0/s1. The molecule has 0 unspecified atom stereocenters. The molecule has 2 N–H and O–H groups in total. The first-order chi connectivity index (χ1) is 5.74. The lowest BCUT2D eigenvalue weighted by Gasteiger charge is -2.08. The van der Waals surface area contributed by atoms with Gasteiger partial charge in [0, 0.05) is 6.42 Å². The largest absolute Gasteiger partial charge is 0.480 e. The van der Waals surface area contributed by atoms with Gasteiger partial charge in [0.25, 0.3) is 0 Å². The van der Waals surface area contributed by atoms with Gasteiger partial charge in [-0.25, -0.2) is 0 Å². The topological polar surface area (TPSA) is 62.5 Å². The van der Waals surface area contributed by atoms with E-state index in [1.54, 1.807) is 19.4 Å². The average Bonchev–Trinajstić information content (AvgIpc) is 2.51. The van der Waals surface area contributed by atoms with E-state index >= 15 is 0 Å². The fourth-order valence-electron chi connectivity index (χ4n) is 0.957. The Hall–Kier alpha value is -1.29. The molecule has 0 aromatic carbocycles. The van der Waals surface area contributed by atoms with Crippen molar-refractivity contribution in [2.75, 3.05) is 7.05 Å². The van der Waals surface area contributed by atoms with Crippen LogP contribution in [0, 0.1) is 0 Å². The van der Waals surface area contributed by atoms with Gasteiger partial charge in [-0.05, 0) is 18.7 Å². The third-order valence-corrected chi connectivity index (χ3v) is 1.67. The highest BCUT2D eigenvalue weighted by Crippen LogP contribution is 2.03. The smallest absolute Gasteiger partial charge is 0.321 e. The Morgan fingerprint density at radius 3 is 3.00 bits per heavy atom. The molecular formula is C8H11NO3. The second-order valence-electron chi connectivity index (χ2n) is 2.52. The molecule has 0 saturated heterocycles.